The van der Waals surface area contributed by atoms with Crippen LogP contribution in [0, 0.1) is 0 Å². The number of benzene rings is 1. The number of amides is 1. The minimum absolute atomic E-state index is 0.0148. The lowest BCUT2D eigenvalue weighted by molar-refractivity contribution is -0.121. The van der Waals surface area contributed by atoms with Gasteiger partial charge in [-0.2, -0.15) is 4.31 Å². The molecule has 0 saturated carbocycles. The smallest absolute Gasteiger partial charge is 0.251 e. The first-order valence-electron chi connectivity index (χ1n) is 9.36. The third-order valence-electron chi connectivity index (χ3n) is 4.51. The number of carbonyl (C=O) groups excluding carboxylic acids is 1. The van der Waals surface area contributed by atoms with E-state index >= 15 is 0 Å². The van der Waals surface area contributed by atoms with Crippen molar-refractivity contribution in [3.05, 3.63) is 64.1 Å². The van der Waals surface area contributed by atoms with Crippen LogP contribution in [-0.4, -0.2) is 43.4 Å². The molecule has 0 unspecified atom stereocenters. The largest absolute Gasteiger partial charge is 0.380 e. The van der Waals surface area contributed by atoms with Gasteiger partial charge in [0.2, 0.25) is 15.9 Å². The van der Waals surface area contributed by atoms with Gasteiger partial charge in [0.15, 0.2) is 0 Å². The predicted octanol–water partition coefficient (Wildman–Crippen LogP) is 1.34. The maximum atomic E-state index is 12.7. The zero-order valence-corrected chi connectivity index (χ0v) is 17.7. The van der Waals surface area contributed by atoms with E-state index in [1.165, 1.54) is 16.6 Å². The Bertz CT molecular complexity index is 997. The van der Waals surface area contributed by atoms with E-state index in [0.29, 0.717) is 19.7 Å². The molecule has 2 rings (SSSR count). The molecule has 0 atom stereocenters. The average Bonchev–Trinajstić information content (AvgIpc) is 2.70. The molecule has 0 aliphatic carbocycles. The van der Waals surface area contributed by atoms with Crippen molar-refractivity contribution in [3.63, 3.8) is 0 Å². The minimum Gasteiger partial charge on any atom is -0.380 e. The molecule has 2 aromatic rings. The Hall–Kier alpha value is -2.49. The summed E-state index contributed by atoms with van der Waals surface area (Å²) in [6.45, 7) is 4.56. The SMILES string of the molecule is CCN(CC)S(=O)(=O)c1ccc(=O)n(CC(=O)NCc2ccccc2COC)c1. The maximum absolute atomic E-state index is 12.7. The van der Waals surface area contributed by atoms with Crippen molar-refractivity contribution in [1.82, 2.24) is 14.2 Å². The molecule has 1 N–H and O–H groups in total. The van der Waals surface area contributed by atoms with Crippen molar-refractivity contribution in [2.45, 2.75) is 38.4 Å². The summed E-state index contributed by atoms with van der Waals surface area (Å²) >= 11 is 0. The van der Waals surface area contributed by atoms with E-state index in [1.54, 1.807) is 21.0 Å². The summed E-state index contributed by atoms with van der Waals surface area (Å²) in [5.74, 6) is -0.392. The topological polar surface area (TPSA) is 97.7 Å². The summed E-state index contributed by atoms with van der Waals surface area (Å²) in [5, 5.41) is 2.76. The highest BCUT2D eigenvalue weighted by Gasteiger charge is 2.22. The first kappa shape index (κ1) is 22.8. The first-order valence-corrected chi connectivity index (χ1v) is 10.8. The molecule has 29 heavy (non-hydrogen) atoms. The quantitative estimate of drug-likeness (QED) is 0.624. The summed E-state index contributed by atoms with van der Waals surface area (Å²) in [5.41, 5.74) is 1.42. The summed E-state index contributed by atoms with van der Waals surface area (Å²) in [4.78, 5) is 24.5. The van der Waals surface area contributed by atoms with Crippen LogP contribution in [0.1, 0.15) is 25.0 Å². The fourth-order valence-electron chi connectivity index (χ4n) is 2.93. The highest BCUT2D eigenvalue weighted by atomic mass is 32.2. The molecule has 0 saturated heterocycles. The third kappa shape index (κ3) is 5.75. The molecule has 1 heterocycles. The van der Waals surface area contributed by atoms with Gasteiger partial charge >= 0.3 is 0 Å². The number of aromatic nitrogens is 1. The van der Waals surface area contributed by atoms with Gasteiger partial charge in [-0.3, -0.25) is 9.59 Å². The zero-order chi connectivity index (χ0) is 21.4. The van der Waals surface area contributed by atoms with Crippen LogP contribution in [0.25, 0.3) is 0 Å². The van der Waals surface area contributed by atoms with Gasteiger partial charge in [0, 0.05) is 39.0 Å². The molecular formula is C20H27N3O5S. The van der Waals surface area contributed by atoms with Gasteiger partial charge in [-0.05, 0) is 17.2 Å². The number of methoxy groups -OCH3 is 1. The molecule has 158 valence electrons. The van der Waals surface area contributed by atoms with Gasteiger partial charge in [0.05, 0.1) is 11.5 Å². The number of carbonyl (C=O) groups is 1. The minimum atomic E-state index is -3.72. The molecule has 0 aliphatic heterocycles. The molecule has 1 amide bonds. The van der Waals surface area contributed by atoms with Crippen molar-refractivity contribution in [3.8, 4) is 0 Å². The van der Waals surface area contributed by atoms with E-state index in [1.807, 2.05) is 24.3 Å². The van der Waals surface area contributed by atoms with Gasteiger partial charge in [0.1, 0.15) is 6.54 Å². The number of hydrogen-bond acceptors (Lipinski definition) is 5. The number of hydrogen-bond donors (Lipinski definition) is 1. The highest BCUT2D eigenvalue weighted by Crippen LogP contribution is 2.14. The number of nitrogens with zero attached hydrogens (tertiary/aromatic N) is 2. The Balaban J connectivity index is 2.14. The second-order valence-corrected chi connectivity index (χ2v) is 8.34. The van der Waals surface area contributed by atoms with Crippen molar-refractivity contribution in [2.24, 2.45) is 0 Å². The number of rotatable bonds is 10. The number of sulfonamides is 1. The van der Waals surface area contributed by atoms with E-state index < -0.39 is 21.5 Å². The Labute approximate surface area is 171 Å². The van der Waals surface area contributed by atoms with E-state index in [4.69, 9.17) is 4.74 Å². The lowest BCUT2D eigenvalue weighted by Crippen LogP contribution is -2.34. The Kier molecular flexibility index (Phi) is 8.12. The molecular weight excluding hydrogens is 394 g/mol. The van der Waals surface area contributed by atoms with Crippen LogP contribution in [0.5, 0.6) is 0 Å². The summed E-state index contributed by atoms with van der Waals surface area (Å²) < 4.78 is 32.9. The lowest BCUT2D eigenvalue weighted by atomic mass is 10.1. The first-order chi connectivity index (χ1) is 13.8. The molecule has 0 bridgehead atoms. The Morgan fingerprint density at radius 3 is 2.38 bits per heavy atom. The van der Waals surface area contributed by atoms with Crippen LogP contribution >= 0.6 is 0 Å². The van der Waals surface area contributed by atoms with E-state index in [-0.39, 0.29) is 18.0 Å². The van der Waals surface area contributed by atoms with Crippen LogP contribution in [0.3, 0.4) is 0 Å². The van der Waals surface area contributed by atoms with E-state index in [9.17, 15) is 18.0 Å². The summed E-state index contributed by atoms with van der Waals surface area (Å²) in [6.07, 6.45) is 1.22. The Morgan fingerprint density at radius 2 is 1.76 bits per heavy atom. The molecule has 8 nitrogen and oxygen atoms in total. The summed E-state index contributed by atoms with van der Waals surface area (Å²) in [7, 11) is -2.12. The predicted molar refractivity (Wildman–Crippen MR) is 110 cm³/mol. The molecule has 1 aromatic carbocycles. The van der Waals surface area contributed by atoms with Gasteiger partial charge in [0.25, 0.3) is 5.56 Å². The second kappa shape index (κ2) is 10.3. The molecule has 0 aliphatic rings. The third-order valence-corrected chi connectivity index (χ3v) is 6.54. The lowest BCUT2D eigenvalue weighted by Gasteiger charge is -2.19. The molecule has 9 heteroatoms. The zero-order valence-electron chi connectivity index (χ0n) is 16.9. The van der Waals surface area contributed by atoms with E-state index in [0.717, 1.165) is 21.8 Å². The van der Waals surface area contributed by atoms with Gasteiger partial charge in [-0.25, -0.2) is 8.42 Å². The van der Waals surface area contributed by atoms with Crippen molar-refractivity contribution in [2.75, 3.05) is 20.2 Å². The molecule has 0 spiro atoms. The van der Waals surface area contributed by atoms with Crippen LogP contribution in [0.4, 0.5) is 0 Å². The van der Waals surface area contributed by atoms with Crippen molar-refractivity contribution < 1.29 is 17.9 Å². The van der Waals surface area contributed by atoms with Gasteiger partial charge in [-0.15, -0.1) is 0 Å². The standard InChI is InChI=1S/C20H27N3O5S/c1-4-23(5-2)29(26,27)18-10-11-20(25)22(13-18)14-19(24)21-12-16-8-6-7-9-17(16)15-28-3/h6-11,13H,4-5,12,14-15H2,1-3H3,(H,21,24). The highest BCUT2D eigenvalue weighted by molar-refractivity contribution is 7.89. The van der Waals surface area contributed by atoms with Gasteiger partial charge < -0.3 is 14.6 Å². The number of nitrogens with one attached hydrogen (secondary N) is 1. The Morgan fingerprint density at radius 1 is 1.10 bits per heavy atom. The average molecular weight is 422 g/mol. The van der Waals surface area contributed by atoms with Crippen molar-refractivity contribution >= 4 is 15.9 Å². The fourth-order valence-corrected chi connectivity index (χ4v) is 4.41. The molecule has 0 radical (unpaired) electrons. The summed E-state index contributed by atoms with van der Waals surface area (Å²) in [6, 6.07) is 9.99. The second-order valence-electron chi connectivity index (χ2n) is 6.40. The van der Waals surface area contributed by atoms with Crippen LogP contribution in [-0.2, 0) is 39.3 Å². The molecule has 0 fully saturated rings. The van der Waals surface area contributed by atoms with Crippen molar-refractivity contribution in [1.29, 1.82) is 0 Å². The normalized spacial score (nSPS) is 11.6. The van der Waals surface area contributed by atoms with E-state index in [2.05, 4.69) is 5.32 Å². The van der Waals surface area contributed by atoms with Crippen LogP contribution in [0.15, 0.2) is 52.3 Å². The number of pyridine rings is 1. The monoisotopic (exact) mass is 421 g/mol. The fraction of sp³-hybridized carbons (Fsp3) is 0.400. The van der Waals surface area contributed by atoms with Gasteiger partial charge in [-0.1, -0.05) is 38.1 Å². The van der Waals surface area contributed by atoms with Crippen LogP contribution < -0.4 is 10.9 Å². The van der Waals surface area contributed by atoms with Crippen LogP contribution in [0.2, 0.25) is 0 Å². The number of ether oxygens (including phenoxy) is 1. The maximum Gasteiger partial charge on any atom is 0.251 e. The molecule has 1 aromatic heterocycles.